The molecule has 7 heteroatoms. The smallest absolute Gasteiger partial charge is 0.444 e. The Morgan fingerprint density at radius 3 is 2.67 bits per heavy atom. The van der Waals surface area contributed by atoms with E-state index in [9.17, 15) is 14.8 Å². The predicted octanol–water partition coefficient (Wildman–Crippen LogP) is 0.679. The van der Waals surface area contributed by atoms with Crippen LogP contribution in [0.5, 0.6) is 0 Å². The molecule has 2 N–H and O–H groups in total. The van der Waals surface area contributed by atoms with E-state index < -0.39 is 12.7 Å². The van der Waals surface area contributed by atoms with Crippen LogP contribution in [0.25, 0.3) is 0 Å². The Balaban J connectivity index is 2.08. The summed E-state index contributed by atoms with van der Waals surface area (Å²) < 4.78 is 5.80. The minimum atomic E-state index is -1.47. The third-order valence-electron chi connectivity index (χ3n) is 2.61. The summed E-state index contributed by atoms with van der Waals surface area (Å²) in [5.74, 6) is 0. The summed E-state index contributed by atoms with van der Waals surface area (Å²) in [7, 11) is -1.47. The van der Waals surface area contributed by atoms with Gasteiger partial charge in [-0.05, 0) is 37.3 Å². The van der Waals surface area contributed by atoms with Crippen molar-refractivity contribution >= 4 is 29.3 Å². The first-order valence-electron chi connectivity index (χ1n) is 5.71. The molecule has 0 atom stereocenters. The van der Waals surface area contributed by atoms with Gasteiger partial charge in [0.25, 0.3) is 0 Å². The molecule has 0 bridgehead atoms. The van der Waals surface area contributed by atoms with Crippen LogP contribution >= 0.6 is 11.3 Å². The van der Waals surface area contributed by atoms with E-state index in [2.05, 4.69) is 0 Å². The summed E-state index contributed by atoms with van der Waals surface area (Å²) in [6.45, 7) is 6.30. The number of carbonyl (C=O) groups excluding carboxylic acids is 1. The second-order valence-electron chi connectivity index (χ2n) is 5.31. The second kappa shape index (κ2) is 4.57. The van der Waals surface area contributed by atoms with E-state index in [4.69, 9.17) is 4.74 Å². The van der Waals surface area contributed by atoms with E-state index in [0.29, 0.717) is 17.9 Å². The molecule has 0 fully saturated rings. The van der Waals surface area contributed by atoms with Gasteiger partial charge in [-0.2, -0.15) is 11.3 Å². The maximum Gasteiger partial charge on any atom is 0.499 e. The fourth-order valence-electron chi connectivity index (χ4n) is 1.87. The Kier molecular flexibility index (Phi) is 3.40. The van der Waals surface area contributed by atoms with Crippen molar-refractivity contribution in [1.29, 1.82) is 0 Å². The lowest BCUT2D eigenvalue weighted by atomic mass is 9.85. The second-order valence-corrected chi connectivity index (χ2v) is 6.23. The van der Waals surface area contributed by atoms with Crippen LogP contribution in [0.2, 0.25) is 0 Å². The van der Waals surface area contributed by atoms with E-state index in [0.717, 1.165) is 11.1 Å². The summed E-state index contributed by atoms with van der Waals surface area (Å²) in [5.41, 5.74) is 1.28. The highest BCUT2D eigenvalue weighted by atomic mass is 32.1. The van der Waals surface area contributed by atoms with Crippen molar-refractivity contribution in [3.63, 3.8) is 0 Å². The first-order chi connectivity index (χ1) is 8.28. The van der Waals surface area contributed by atoms with Gasteiger partial charge in [-0.15, -0.1) is 0 Å². The fourth-order valence-corrected chi connectivity index (χ4v) is 2.82. The van der Waals surface area contributed by atoms with Crippen molar-refractivity contribution in [3.8, 4) is 0 Å². The number of nitrogens with zero attached hydrogens (tertiary/aromatic N) is 1. The molecule has 2 heterocycles. The fraction of sp³-hybridized carbons (Fsp3) is 0.545. The van der Waals surface area contributed by atoms with E-state index in [1.165, 1.54) is 11.3 Å². The van der Waals surface area contributed by atoms with Crippen LogP contribution in [0.1, 0.15) is 31.9 Å². The maximum absolute atomic E-state index is 11.9. The summed E-state index contributed by atoms with van der Waals surface area (Å²) in [6, 6.07) is 0. The molecule has 2 rings (SSSR count). The summed E-state index contributed by atoms with van der Waals surface area (Å²) in [6.07, 6.45) is -0.373. The minimum absolute atomic E-state index is 0.373. The molecule has 1 aromatic rings. The molecule has 5 nitrogen and oxygen atoms in total. The number of fused-ring (bicyclic) bond motifs is 1. The highest BCUT2D eigenvalue weighted by Crippen LogP contribution is 2.26. The number of amides is 1. The zero-order valence-electron chi connectivity index (χ0n) is 10.6. The average molecular weight is 269 g/mol. The number of ether oxygens (including phenoxy) is 1. The van der Waals surface area contributed by atoms with Crippen molar-refractivity contribution in [2.75, 3.05) is 0 Å². The van der Waals surface area contributed by atoms with Crippen molar-refractivity contribution in [2.24, 2.45) is 0 Å². The molecular weight excluding hydrogens is 253 g/mol. The van der Waals surface area contributed by atoms with Crippen LogP contribution in [0.4, 0.5) is 4.79 Å². The molecular formula is C11H16BNO4S. The Bertz CT molecular complexity index is 466. The van der Waals surface area contributed by atoms with Gasteiger partial charge < -0.3 is 14.8 Å². The number of rotatable bonds is 1. The predicted molar refractivity (Wildman–Crippen MR) is 69.6 cm³/mol. The molecule has 0 aromatic carbocycles. The first-order valence-corrected chi connectivity index (χ1v) is 6.59. The lowest BCUT2D eigenvalue weighted by Crippen LogP contribution is -2.35. The average Bonchev–Trinajstić information content (AvgIpc) is 2.70. The van der Waals surface area contributed by atoms with Crippen molar-refractivity contribution in [3.05, 3.63) is 16.5 Å². The van der Waals surface area contributed by atoms with Crippen LogP contribution < -0.4 is 4.78 Å². The first kappa shape index (κ1) is 13.4. The third kappa shape index (κ3) is 2.68. The summed E-state index contributed by atoms with van der Waals surface area (Å²) in [5, 5.41) is 20.3. The van der Waals surface area contributed by atoms with Crippen molar-refractivity contribution < 1.29 is 19.6 Å². The molecule has 1 aliphatic rings. The third-order valence-corrected chi connectivity index (χ3v) is 3.72. The largest absolute Gasteiger partial charge is 0.499 e. The van der Waals surface area contributed by atoms with Gasteiger partial charge in [0.2, 0.25) is 0 Å². The van der Waals surface area contributed by atoms with Gasteiger partial charge in [-0.25, -0.2) is 4.79 Å². The Morgan fingerprint density at radius 1 is 1.44 bits per heavy atom. The highest BCUT2D eigenvalue weighted by molar-refractivity contribution is 7.20. The number of hydrogen-bond donors (Lipinski definition) is 2. The molecule has 0 saturated carbocycles. The normalized spacial score (nSPS) is 14.6. The van der Waals surface area contributed by atoms with E-state index in [1.807, 2.05) is 26.2 Å². The van der Waals surface area contributed by atoms with Crippen LogP contribution in [-0.2, 0) is 17.8 Å². The SMILES string of the molecule is CC(C)(C)OC(=O)N1Cc2csc(B(O)O)c2C1. The van der Waals surface area contributed by atoms with Crippen molar-refractivity contribution in [2.45, 2.75) is 39.5 Å². The van der Waals surface area contributed by atoms with E-state index in [-0.39, 0.29) is 6.09 Å². The summed E-state index contributed by atoms with van der Waals surface area (Å²) >= 11 is 1.31. The van der Waals surface area contributed by atoms with Crippen LogP contribution in [-0.4, -0.2) is 33.8 Å². The van der Waals surface area contributed by atoms with Crippen LogP contribution in [0.3, 0.4) is 0 Å². The number of thiophene rings is 1. The minimum Gasteiger partial charge on any atom is -0.444 e. The number of carbonyl (C=O) groups is 1. The van der Waals surface area contributed by atoms with Crippen molar-refractivity contribution in [1.82, 2.24) is 4.90 Å². The lowest BCUT2D eigenvalue weighted by Gasteiger charge is -2.24. The quantitative estimate of drug-likeness (QED) is 0.735. The number of hydrogen-bond acceptors (Lipinski definition) is 5. The Morgan fingerprint density at radius 2 is 2.11 bits per heavy atom. The molecule has 0 unspecified atom stereocenters. The molecule has 1 aromatic heterocycles. The van der Waals surface area contributed by atoms with Gasteiger partial charge in [0.1, 0.15) is 5.60 Å². The maximum atomic E-state index is 11.9. The summed E-state index contributed by atoms with van der Waals surface area (Å²) in [4.78, 5) is 13.5. The zero-order valence-corrected chi connectivity index (χ0v) is 11.5. The van der Waals surface area contributed by atoms with E-state index >= 15 is 0 Å². The molecule has 98 valence electrons. The Labute approximate surface area is 110 Å². The molecule has 1 amide bonds. The molecule has 0 radical (unpaired) electrons. The van der Waals surface area contributed by atoms with Crippen LogP contribution in [0, 0.1) is 0 Å². The topological polar surface area (TPSA) is 70.0 Å². The van der Waals surface area contributed by atoms with E-state index in [1.54, 1.807) is 4.90 Å². The lowest BCUT2D eigenvalue weighted by molar-refractivity contribution is 0.0242. The van der Waals surface area contributed by atoms with Crippen LogP contribution in [0.15, 0.2) is 5.38 Å². The Hall–Kier alpha value is -1.05. The van der Waals surface area contributed by atoms with Gasteiger partial charge in [0, 0.05) is 4.78 Å². The van der Waals surface area contributed by atoms with Gasteiger partial charge >= 0.3 is 13.2 Å². The highest BCUT2D eigenvalue weighted by Gasteiger charge is 2.32. The molecule has 0 aliphatic carbocycles. The molecule has 18 heavy (non-hydrogen) atoms. The molecule has 1 aliphatic heterocycles. The standard InChI is InChI=1S/C11H16BNO4S/c1-11(2,3)17-10(14)13-4-7-6-18-9(12(15)16)8(7)5-13/h6,15-16H,4-5H2,1-3H3. The monoisotopic (exact) mass is 269 g/mol. The van der Waals surface area contributed by atoms with Gasteiger partial charge in [0.05, 0.1) is 13.1 Å². The zero-order chi connectivity index (χ0) is 13.5. The molecule has 0 spiro atoms. The van der Waals surface area contributed by atoms with Gasteiger partial charge in [-0.1, -0.05) is 0 Å². The molecule has 0 saturated heterocycles. The van der Waals surface area contributed by atoms with Gasteiger partial charge in [0.15, 0.2) is 0 Å². The van der Waals surface area contributed by atoms with Gasteiger partial charge in [-0.3, -0.25) is 4.90 Å².